The van der Waals surface area contributed by atoms with Crippen molar-refractivity contribution in [3.05, 3.63) is 23.8 Å². The Morgan fingerprint density at radius 1 is 1.30 bits per heavy atom. The van der Waals surface area contributed by atoms with Gasteiger partial charge in [-0.1, -0.05) is 6.07 Å². The van der Waals surface area contributed by atoms with Gasteiger partial charge in [-0.25, -0.2) is 0 Å². The predicted octanol–water partition coefficient (Wildman–Crippen LogP) is 1.34. The molecule has 2 aliphatic rings. The smallest absolute Gasteiger partial charge is 0.250 e. The van der Waals surface area contributed by atoms with Crippen LogP contribution in [0.25, 0.3) is 0 Å². The predicted molar refractivity (Wildman–Crippen MR) is 74.8 cm³/mol. The van der Waals surface area contributed by atoms with Crippen LogP contribution in [0.4, 0.5) is 5.69 Å². The molecule has 106 valence electrons. The van der Waals surface area contributed by atoms with Crippen molar-refractivity contribution in [3.63, 3.8) is 0 Å². The van der Waals surface area contributed by atoms with Crippen molar-refractivity contribution in [1.29, 1.82) is 0 Å². The molecule has 2 amide bonds. The number of fused-ring (bicyclic) bond motifs is 1. The van der Waals surface area contributed by atoms with Crippen molar-refractivity contribution < 1.29 is 14.3 Å². The Morgan fingerprint density at radius 2 is 2.10 bits per heavy atom. The van der Waals surface area contributed by atoms with Gasteiger partial charge in [0.05, 0.1) is 12.8 Å². The molecule has 2 heterocycles. The van der Waals surface area contributed by atoms with Crippen molar-refractivity contribution in [3.8, 4) is 5.75 Å². The van der Waals surface area contributed by atoms with Crippen LogP contribution in [0.3, 0.4) is 0 Å². The maximum Gasteiger partial charge on any atom is 0.250 e. The first-order valence-electron chi connectivity index (χ1n) is 6.87. The lowest BCUT2D eigenvalue weighted by molar-refractivity contribution is -0.140. The Balaban J connectivity index is 1.99. The zero-order valence-corrected chi connectivity index (χ0v) is 11.8. The number of benzene rings is 1. The fraction of sp³-hybridized carbons (Fsp3) is 0.467. The Bertz CT molecular complexity index is 570. The van der Waals surface area contributed by atoms with E-state index < -0.39 is 0 Å². The number of hydrogen-bond donors (Lipinski definition) is 0. The van der Waals surface area contributed by atoms with E-state index in [1.165, 1.54) is 0 Å². The number of amides is 2. The quantitative estimate of drug-likeness (QED) is 0.817. The van der Waals surface area contributed by atoms with Crippen LogP contribution in [0.15, 0.2) is 18.2 Å². The highest BCUT2D eigenvalue weighted by Crippen LogP contribution is 2.33. The molecule has 0 bridgehead atoms. The van der Waals surface area contributed by atoms with Gasteiger partial charge in [-0.05, 0) is 37.5 Å². The molecule has 5 heteroatoms. The number of carbonyl (C=O) groups is 2. The van der Waals surface area contributed by atoms with Gasteiger partial charge in [0.1, 0.15) is 18.3 Å². The van der Waals surface area contributed by atoms with Crippen molar-refractivity contribution in [1.82, 2.24) is 4.90 Å². The molecule has 2 aliphatic heterocycles. The highest BCUT2D eigenvalue weighted by Gasteiger charge is 2.43. The molecule has 1 atom stereocenters. The number of piperazine rings is 1. The minimum absolute atomic E-state index is 0.00556. The second-order valence-corrected chi connectivity index (χ2v) is 5.34. The summed E-state index contributed by atoms with van der Waals surface area (Å²) in [5, 5.41) is 0. The normalized spacial score (nSPS) is 22.2. The number of rotatable bonds is 2. The number of carbonyl (C=O) groups excluding carboxylic acids is 2. The summed E-state index contributed by atoms with van der Waals surface area (Å²) in [6.07, 6.45) is 1.66. The van der Waals surface area contributed by atoms with E-state index >= 15 is 0 Å². The largest absolute Gasteiger partial charge is 0.495 e. The van der Waals surface area contributed by atoms with Gasteiger partial charge in [-0.15, -0.1) is 0 Å². The standard InChI is InChI=1S/C15H18N2O3/c1-10-5-6-13(20-2)12(8-10)17-9-14(18)16-7-3-4-11(16)15(17)19/h5-6,8,11H,3-4,7,9H2,1-2H3. The average Bonchev–Trinajstić information content (AvgIpc) is 2.93. The van der Waals surface area contributed by atoms with Crippen LogP contribution in [0, 0.1) is 6.92 Å². The Kier molecular flexibility index (Phi) is 3.12. The summed E-state index contributed by atoms with van der Waals surface area (Å²) in [4.78, 5) is 28.1. The summed E-state index contributed by atoms with van der Waals surface area (Å²) in [6, 6.07) is 5.37. The summed E-state index contributed by atoms with van der Waals surface area (Å²) < 4.78 is 5.33. The molecule has 0 saturated carbocycles. The van der Waals surface area contributed by atoms with Crippen molar-refractivity contribution in [2.45, 2.75) is 25.8 Å². The zero-order valence-electron chi connectivity index (χ0n) is 11.8. The first-order chi connectivity index (χ1) is 9.61. The lowest BCUT2D eigenvalue weighted by Gasteiger charge is -2.36. The first kappa shape index (κ1) is 13.0. The minimum atomic E-state index is -0.290. The summed E-state index contributed by atoms with van der Waals surface area (Å²) in [6.45, 7) is 2.77. The van der Waals surface area contributed by atoms with Gasteiger partial charge in [0.25, 0.3) is 0 Å². The molecule has 2 fully saturated rings. The van der Waals surface area contributed by atoms with Gasteiger partial charge in [-0.2, -0.15) is 0 Å². The van der Waals surface area contributed by atoms with Gasteiger partial charge >= 0.3 is 0 Å². The van der Waals surface area contributed by atoms with Crippen LogP contribution in [0.2, 0.25) is 0 Å². The van der Waals surface area contributed by atoms with Gasteiger partial charge in [0, 0.05) is 6.54 Å². The minimum Gasteiger partial charge on any atom is -0.495 e. The molecular formula is C15H18N2O3. The van der Waals surface area contributed by atoms with Crippen molar-refractivity contribution in [2.75, 3.05) is 25.1 Å². The van der Waals surface area contributed by atoms with Crippen LogP contribution in [-0.4, -0.2) is 43.0 Å². The van der Waals surface area contributed by atoms with Gasteiger partial charge in [0.2, 0.25) is 11.8 Å². The number of aryl methyl sites for hydroxylation is 1. The Labute approximate surface area is 118 Å². The molecular weight excluding hydrogens is 256 g/mol. The van der Waals surface area contributed by atoms with Crippen molar-refractivity contribution >= 4 is 17.5 Å². The second-order valence-electron chi connectivity index (χ2n) is 5.34. The summed E-state index contributed by atoms with van der Waals surface area (Å²) in [7, 11) is 1.58. The van der Waals surface area contributed by atoms with E-state index in [9.17, 15) is 9.59 Å². The molecule has 20 heavy (non-hydrogen) atoms. The summed E-state index contributed by atoms with van der Waals surface area (Å²) in [5.74, 6) is 0.657. The van der Waals surface area contributed by atoms with E-state index in [2.05, 4.69) is 0 Å². The van der Waals surface area contributed by atoms with E-state index in [0.29, 0.717) is 18.0 Å². The molecule has 1 aromatic rings. The molecule has 0 N–H and O–H groups in total. The molecule has 2 saturated heterocycles. The van der Waals surface area contributed by atoms with E-state index in [4.69, 9.17) is 4.74 Å². The molecule has 3 rings (SSSR count). The van der Waals surface area contributed by atoms with Crippen molar-refractivity contribution in [2.24, 2.45) is 0 Å². The Hall–Kier alpha value is -2.04. The topological polar surface area (TPSA) is 49.9 Å². The van der Waals surface area contributed by atoms with E-state index in [0.717, 1.165) is 18.4 Å². The third kappa shape index (κ3) is 1.94. The van der Waals surface area contributed by atoms with Crippen LogP contribution in [-0.2, 0) is 9.59 Å². The van der Waals surface area contributed by atoms with Gasteiger partial charge in [-0.3, -0.25) is 14.5 Å². The molecule has 5 nitrogen and oxygen atoms in total. The molecule has 0 aliphatic carbocycles. The van der Waals surface area contributed by atoms with Gasteiger partial charge in [0.15, 0.2) is 0 Å². The summed E-state index contributed by atoms with van der Waals surface area (Å²) in [5.41, 5.74) is 1.73. The molecule has 1 aromatic carbocycles. The summed E-state index contributed by atoms with van der Waals surface area (Å²) >= 11 is 0. The van der Waals surface area contributed by atoms with Gasteiger partial charge < -0.3 is 9.64 Å². The zero-order chi connectivity index (χ0) is 14.3. The average molecular weight is 274 g/mol. The van der Waals surface area contributed by atoms with Crippen LogP contribution in [0.5, 0.6) is 5.75 Å². The molecule has 0 aromatic heterocycles. The molecule has 0 spiro atoms. The molecule has 1 unspecified atom stereocenters. The highest BCUT2D eigenvalue weighted by molar-refractivity contribution is 6.07. The van der Waals surface area contributed by atoms with E-state index in [1.807, 2.05) is 25.1 Å². The van der Waals surface area contributed by atoms with E-state index in [-0.39, 0.29) is 24.4 Å². The maximum atomic E-state index is 12.6. The lowest BCUT2D eigenvalue weighted by atomic mass is 10.1. The fourth-order valence-electron chi connectivity index (χ4n) is 3.02. The highest BCUT2D eigenvalue weighted by atomic mass is 16.5. The fourth-order valence-corrected chi connectivity index (χ4v) is 3.02. The lowest BCUT2D eigenvalue weighted by Crippen LogP contribution is -2.57. The van der Waals surface area contributed by atoms with Crippen LogP contribution < -0.4 is 9.64 Å². The maximum absolute atomic E-state index is 12.6. The number of ether oxygens (including phenoxy) is 1. The number of methoxy groups -OCH3 is 1. The second kappa shape index (κ2) is 4.81. The van der Waals surface area contributed by atoms with Crippen LogP contribution >= 0.6 is 0 Å². The van der Waals surface area contributed by atoms with Crippen LogP contribution in [0.1, 0.15) is 18.4 Å². The monoisotopic (exact) mass is 274 g/mol. The number of nitrogens with zero attached hydrogens (tertiary/aromatic N) is 2. The van der Waals surface area contributed by atoms with E-state index in [1.54, 1.807) is 16.9 Å². The Morgan fingerprint density at radius 3 is 2.85 bits per heavy atom. The molecule has 0 radical (unpaired) electrons. The third-order valence-corrected chi connectivity index (χ3v) is 4.04. The first-order valence-corrected chi connectivity index (χ1v) is 6.87. The SMILES string of the molecule is COc1ccc(C)cc1N1CC(=O)N2CCCC2C1=O. The third-order valence-electron chi connectivity index (χ3n) is 4.04. The number of anilines is 1. The number of hydrogen-bond acceptors (Lipinski definition) is 3.